The fraction of sp³-hybridized carbons (Fsp3) is 0.625. The predicted octanol–water partition coefficient (Wildman–Crippen LogP) is 0.321. The minimum Gasteiger partial charge on any atom is -0.343 e. The van der Waals surface area contributed by atoms with Crippen LogP contribution in [0.25, 0.3) is 0 Å². The Labute approximate surface area is 82.1 Å². The molecular formula is C8H14N4O2. The normalized spacial score (nSPS) is 9.79. The molecule has 6 heteroatoms. The largest absolute Gasteiger partial charge is 0.343 e. The quantitative estimate of drug-likeness (QED) is 0.714. The van der Waals surface area contributed by atoms with Crippen molar-refractivity contribution in [3.8, 4) is 0 Å². The Bertz CT molecular complexity index is 260. The summed E-state index contributed by atoms with van der Waals surface area (Å²) in [5, 5.41) is 9.00. The lowest BCUT2D eigenvalue weighted by Crippen LogP contribution is -2.36. The minimum atomic E-state index is -0.157. The minimum absolute atomic E-state index is 0.157. The summed E-state index contributed by atoms with van der Waals surface area (Å²) in [5.74, 6) is 0.598. The maximum absolute atomic E-state index is 11.0. The van der Waals surface area contributed by atoms with Crippen LogP contribution in [0.2, 0.25) is 0 Å². The van der Waals surface area contributed by atoms with Crippen LogP contribution in [0, 0.1) is 0 Å². The van der Waals surface area contributed by atoms with Crippen LogP contribution < -0.4 is 10.6 Å². The lowest BCUT2D eigenvalue weighted by atomic mass is 10.4. The SMILES string of the molecule is CCCNC(=O)NCCc1ncon1. The molecule has 0 fully saturated rings. The number of hydrogen-bond donors (Lipinski definition) is 2. The molecule has 0 atom stereocenters. The van der Waals surface area contributed by atoms with Gasteiger partial charge >= 0.3 is 6.03 Å². The molecule has 1 aromatic heterocycles. The summed E-state index contributed by atoms with van der Waals surface area (Å²) in [7, 11) is 0. The molecule has 1 heterocycles. The molecule has 1 rings (SSSR count). The van der Waals surface area contributed by atoms with E-state index in [1.165, 1.54) is 6.39 Å². The molecule has 78 valence electrons. The molecular weight excluding hydrogens is 184 g/mol. The summed E-state index contributed by atoms with van der Waals surface area (Å²) < 4.78 is 4.55. The van der Waals surface area contributed by atoms with E-state index in [1.807, 2.05) is 6.92 Å². The highest BCUT2D eigenvalue weighted by molar-refractivity contribution is 5.73. The highest BCUT2D eigenvalue weighted by Gasteiger charge is 2.00. The van der Waals surface area contributed by atoms with Crippen LogP contribution in [-0.2, 0) is 6.42 Å². The van der Waals surface area contributed by atoms with Gasteiger partial charge in [-0.15, -0.1) is 0 Å². The summed E-state index contributed by atoms with van der Waals surface area (Å²) in [5.41, 5.74) is 0. The number of nitrogens with one attached hydrogen (secondary N) is 2. The van der Waals surface area contributed by atoms with E-state index in [4.69, 9.17) is 0 Å². The van der Waals surface area contributed by atoms with E-state index in [2.05, 4.69) is 25.3 Å². The highest BCUT2D eigenvalue weighted by atomic mass is 16.5. The van der Waals surface area contributed by atoms with E-state index in [-0.39, 0.29) is 6.03 Å². The molecule has 0 aliphatic rings. The second-order valence-electron chi connectivity index (χ2n) is 2.78. The first-order valence-corrected chi connectivity index (χ1v) is 4.60. The second kappa shape index (κ2) is 5.95. The van der Waals surface area contributed by atoms with Gasteiger partial charge in [0.1, 0.15) is 0 Å². The zero-order chi connectivity index (χ0) is 10.2. The summed E-state index contributed by atoms with van der Waals surface area (Å²) in [6.07, 6.45) is 2.78. The van der Waals surface area contributed by atoms with Crippen LogP contribution in [0.5, 0.6) is 0 Å². The van der Waals surface area contributed by atoms with Crippen LogP contribution in [0.15, 0.2) is 10.9 Å². The van der Waals surface area contributed by atoms with Gasteiger partial charge < -0.3 is 15.2 Å². The van der Waals surface area contributed by atoms with Crippen molar-refractivity contribution in [2.75, 3.05) is 13.1 Å². The molecule has 0 aliphatic carbocycles. The third-order valence-corrected chi connectivity index (χ3v) is 1.58. The number of nitrogens with zero attached hydrogens (tertiary/aromatic N) is 2. The molecule has 6 nitrogen and oxygen atoms in total. The lowest BCUT2D eigenvalue weighted by molar-refractivity contribution is 0.241. The topological polar surface area (TPSA) is 80.0 Å². The molecule has 2 N–H and O–H groups in total. The Morgan fingerprint density at radius 1 is 1.50 bits per heavy atom. The van der Waals surface area contributed by atoms with Gasteiger partial charge in [0.25, 0.3) is 0 Å². The second-order valence-corrected chi connectivity index (χ2v) is 2.78. The monoisotopic (exact) mass is 198 g/mol. The first-order valence-electron chi connectivity index (χ1n) is 4.60. The highest BCUT2D eigenvalue weighted by Crippen LogP contribution is 1.87. The molecule has 0 radical (unpaired) electrons. The van der Waals surface area contributed by atoms with E-state index in [1.54, 1.807) is 0 Å². The average Bonchev–Trinajstić information content (AvgIpc) is 2.67. The fourth-order valence-electron chi connectivity index (χ4n) is 0.891. The van der Waals surface area contributed by atoms with Crippen molar-refractivity contribution in [1.29, 1.82) is 0 Å². The Hall–Kier alpha value is -1.59. The van der Waals surface area contributed by atoms with Gasteiger partial charge in [-0.3, -0.25) is 0 Å². The summed E-state index contributed by atoms with van der Waals surface area (Å²) in [6.45, 7) is 3.20. The third kappa shape index (κ3) is 3.88. The van der Waals surface area contributed by atoms with E-state index < -0.39 is 0 Å². The van der Waals surface area contributed by atoms with Crippen molar-refractivity contribution < 1.29 is 9.32 Å². The van der Waals surface area contributed by atoms with Crippen molar-refractivity contribution in [3.63, 3.8) is 0 Å². The Morgan fingerprint density at radius 2 is 2.29 bits per heavy atom. The molecule has 0 aliphatic heterocycles. The van der Waals surface area contributed by atoms with Crippen LogP contribution in [-0.4, -0.2) is 29.3 Å². The number of urea groups is 1. The smallest absolute Gasteiger partial charge is 0.314 e. The fourth-order valence-corrected chi connectivity index (χ4v) is 0.891. The first-order chi connectivity index (χ1) is 6.83. The Balaban J connectivity index is 2.06. The zero-order valence-electron chi connectivity index (χ0n) is 8.12. The number of hydrogen-bond acceptors (Lipinski definition) is 4. The average molecular weight is 198 g/mol. The molecule has 2 amide bonds. The molecule has 0 aromatic carbocycles. The summed E-state index contributed by atoms with van der Waals surface area (Å²) in [4.78, 5) is 14.9. The molecule has 0 spiro atoms. The van der Waals surface area contributed by atoms with E-state index in [0.717, 1.165) is 6.42 Å². The molecule has 14 heavy (non-hydrogen) atoms. The molecule has 0 unspecified atom stereocenters. The van der Waals surface area contributed by atoms with Gasteiger partial charge in [0.15, 0.2) is 5.82 Å². The number of amides is 2. The maximum Gasteiger partial charge on any atom is 0.314 e. The van der Waals surface area contributed by atoms with Crippen LogP contribution >= 0.6 is 0 Å². The van der Waals surface area contributed by atoms with Crippen molar-refractivity contribution in [2.45, 2.75) is 19.8 Å². The number of aromatic nitrogens is 2. The summed E-state index contributed by atoms with van der Waals surface area (Å²) >= 11 is 0. The third-order valence-electron chi connectivity index (χ3n) is 1.58. The maximum atomic E-state index is 11.0. The van der Waals surface area contributed by atoms with Gasteiger partial charge in [0.2, 0.25) is 6.39 Å². The molecule has 1 aromatic rings. The summed E-state index contributed by atoms with van der Waals surface area (Å²) in [6, 6.07) is -0.157. The van der Waals surface area contributed by atoms with Crippen molar-refractivity contribution in [2.24, 2.45) is 0 Å². The number of carbonyl (C=O) groups excluding carboxylic acids is 1. The predicted molar refractivity (Wildman–Crippen MR) is 49.7 cm³/mol. The van der Waals surface area contributed by atoms with E-state index >= 15 is 0 Å². The van der Waals surface area contributed by atoms with Gasteiger partial charge in [-0.05, 0) is 6.42 Å². The van der Waals surface area contributed by atoms with E-state index in [0.29, 0.717) is 25.3 Å². The Kier molecular flexibility index (Phi) is 4.46. The van der Waals surface area contributed by atoms with E-state index in [9.17, 15) is 4.79 Å². The Morgan fingerprint density at radius 3 is 2.93 bits per heavy atom. The number of rotatable bonds is 5. The molecule has 0 saturated heterocycles. The molecule has 0 bridgehead atoms. The van der Waals surface area contributed by atoms with Gasteiger partial charge in [-0.2, -0.15) is 4.98 Å². The lowest BCUT2D eigenvalue weighted by Gasteiger charge is -2.04. The van der Waals surface area contributed by atoms with Crippen LogP contribution in [0.3, 0.4) is 0 Å². The number of carbonyl (C=O) groups is 1. The first kappa shape index (κ1) is 10.5. The van der Waals surface area contributed by atoms with Crippen molar-refractivity contribution >= 4 is 6.03 Å². The van der Waals surface area contributed by atoms with Gasteiger partial charge in [-0.1, -0.05) is 12.1 Å². The van der Waals surface area contributed by atoms with Crippen LogP contribution in [0.1, 0.15) is 19.2 Å². The van der Waals surface area contributed by atoms with Gasteiger partial charge in [0, 0.05) is 19.5 Å². The van der Waals surface area contributed by atoms with Crippen molar-refractivity contribution in [3.05, 3.63) is 12.2 Å². The van der Waals surface area contributed by atoms with Crippen LogP contribution in [0.4, 0.5) is 4.79 Å². The van der Waals surface area contributed by atoms with Gasteiger partial charge in [0.05, 0.1) is 0 Å². The standard InChI is InChI=1S/C8H14N4O2/c1-2-4-9-8(13)10-5-3-7-11-6-14-12-7/h6H,2-5H2,1H3,(H2,9,10,13). The van der Waals surface area contributed by atoms with Gasteiger partial charge in [-0.25, -0.2) is 4.79 Å². The zero-order valence-corrected chi connectivity index (χ0v) is 8.12. The molecule has 0 saturated carbocycles. The van der Waals surface area contributed by atoms with Crippen molar-refractivity contribution in [1.82, 2.24) is 20.8 Å².